The molecule has 0 heterocycles. The maximum atomic E-state index is 12.7. The van der Waals surface area contributed by atoms with E-state index in [1.165, 1.54) is 12.1 Å². The van der Waals surface area contributed by atoms with Crippen LogP contribution in [0.3, 0.4) is 0 Å². The van der Waals surface area contributed by atoms with Crippen molar-refractivity contribution in [2.24, 2.45) is 0 Å². The molecule has 0 saturated carbocycles. The SMILES string of the molecule is O=C(O)CCCCCCC(NS(=O)(=O)c1ccc(Cl)cc1)c1ccccc1. The first-order valence-corrected chi connectivity index (χ1v) is 10.8. The standard InChI is InChI=1S/C20H24ClNO4S/c21-17-12-14-18(15-13-17)27(25,26)22-19(16-8-4-3-5-9-16)10-6-1-2-7-11-20(23)24/h3-5,8-9,12-15,19,22H,1-2,6-7,10-11H2,(H,23,24). The summed E-state index contributed by atoms with van der Waals surface area (Å²) in [5.74, 6) is -0.784. The van der Waals surface area contributed by atoms with E-state index in [1.807, 2.05) is 30.3 Å². The van der Waals surface area contributed by atoms with Crippen molar-refractivity contribution in [3.05, 3.63) is 65.2 Å². The minimum Gasteiger partial charge on any atom is -0.481 e. The predicted octanol–water partition coefficient (Wildman–Crippen LogP) is 4.78. The van der Waals surface area contributed by atoms with Crippen LogP contribution in [-0.4, -0.2) is 19.5 Å². The van der Waals surface area contributed by atoms with Gasteiger partial charge in [0.05, 0.1) is 4.90 Å². The first-order valence-electron chi connectivity index (χ1n) is 8.93. The van der Waals surface area contributed by atoms with Gasteiger partial charge in [-0.05, 0) is 42.7 Å². The van der Waals surface area contributed by atoms with Crippen molar-refractivity contribution in [2.75, 3.05) is 0 Å². The van der Waals surface area contributed by atoms with E-state index in [0.717, 1.165) is 24.8 Å². The lowest BCUT2D eigenvalue weighted by molar-refractivity contribution is -0.137. The van der Waals surface area contributed by atoms with Gasteiger partial charge in [-0.25, -0.2) is 13.1 Å². The van der Waals surface area contributed by atoms with Crippen molar-refractivity contribution in [3.8, 4) is 0 Å². The van der Waals surface area contributed by atoms with E-state index in [-0.39, 0.29) is 17.4 Å². The van der Waals surface area contributed by atoms with E-state index in [9.17, 15) is 13.2 Å². The zero-order valence-corrected chi connectivity index (χ0v) is 16.5. The fourth-order valence-electron chi connectivity index (χ4n) is 2.83. The van der Waals surface area contributed by atoms with Gasteiger partial charge in [-0.2, -0.15) is 0 Å². The quantitative estimate of drug-likeness (QED) is 0.523. The molecule has 0 radical (unpaired) electrons. The number of benzene rings is 2. The van der Waals surface area contributed by atoms with Gasteiger partial charge in [0, 0.05) is 17.5 Å². The lowest BCUT2D eigenvalue weighted by Gasteiger charge is -2.19. The summed E-state index contributed by atoms with van der Waals surface area (Å²) in [6, 6.07) is 15.2. The Labute approximate surface area is 165 Å². The molecule has 2 rings (SSSR count). The number of rotatable bonds is 11. The highest BCUT2D eigenvalue weighted by Crippen LogP contribution is 2.24. The Hall–Kier alpha value is -1.89. The molecular formula is C20H24ClNO4S. The van der Waals surface area contributed by atoms with Gasteiger partial charge < -0.3 is 5.11 Å². The van der Waals surface area contributed by atoms with Gasteiger partial charge in [0.25, 0.3) is 0 Å². The van der Waals surface area contributed by atoms with Crippen LogP contribution in [0.15, 0.2) is 59.5 Å². The number of halogens is 1. The number of nitrogens with one attached hydrogen (secondary N) is 1. The smallest absolute Gasteiger partial charge is 0.303 e. The summed E-state index contributed by atoms with van der Waals surface area (Å²) in [7, 11) is -3.67. The van der Waals surface area contributed by atoms with Crippen molar-refractivity contribution in [2.45, 2.75) is 49.5 Å². The first-order chi connectivity index (χ1) is 12.9. The maximum absolute atomic E-state index is 12.7. The lowest BCUT2D eigenvalue weighted by atomic mass is 10.0. The molecule has 0 bridgehead atoms. The van der Waals surface area contributed by atoms with Gasteiger partial charge in [-0.3, -0.25) is 4.79 Å². The third-order valence-electron chi connectivity index (χ3n) is 4.26. The van der Waals surface area contributed by atoms with Crippen LogP contribution >= 0.6 is 11.6 Å². The van der Waals surface area contributed by atoms with Crippen LogP contribution < -0.4 is 4.72 Å². The number of carboxylic acids is 1. The number of carbonyl (C=O) groups is 1. The molecule has 1 atom stereocenters. The molecule has 0 aliphatic rings. The molecule has 2 N–H and O–H groups in total. The van der Waals surface area contributed by atoms with Crippen molar-refractivity contribution >= 4 is 27.6 Å². The second-order valence-electron chi connectivity index (χ2n) is 6.39. The molecule has 0 fully saturated rings. The molecule has 0 aromatic heterocycles. The van der Waals surface area contributed by atoms with E-state index in [2.05, 4.69) is 4.72 Å². The second kappa shape index (κ2) is 10.4. The zero-order valence-electron chi connectivity index (χ0n) is 15.0. The Balaban J connectivity index is 2.02. The molecule has 2 aromatic carbocycles. The topological polar surface area (TPSA) is 83.5 Å². The minimum atomic E-state index is -3.67. The summed E-state index contributed by atoms with van der Waals surface area (Å²) >= 11 is 5.84. The van der Waals surface area contributed by atoms with E-state index in [1.54, 1.807) is 12.1 Å². The Morgan fingerprint density at radius 1 is 0.963 bits per heavy atom. The summed E-state index contributed by atoms with van der Waals surface area (Å²) in [6.45, 7) is 0. The van der Waals surface area contributed by atoms with E-state index < -0.39 is 16.0 Å². The predicted molar refractivity (Wildman–Crippen MR) is 106 cm³/mol. The normalized spacial score (nSPS) is 12.6. The maximum Gasteiger partial charge on any atom is 0.303 e. The number of hydrogen-bond donors (Lipinski definition) is 2. The monoisotopic (exact) mass is 409 g/mol. The Morgan fingerprint density at radius 3 is 2.22 bits per heavy atom. The molecule has 0 aliphatic heterocycles. The van der Waals surface area contributed by atoms with Crippen LogP contribution in [0.1, 0.15) is 50.1 Å². The third-order valence-corrected chi connectivity index (χ3v) is 6.00. The van der Waals surface area contributed by atoms with Crippen LogP contribution in [0.25, 0.3) is 0 Å². The van der Waals surface area contributed by atoms with Crippen molar-refractivity contribution < 1.29 is 18.3 Å². The summed E-state index contributed by atoms with van der Waals surface area (Å²) in [4.78, 5) is 10.7. The molecule has 1 unspecified atom stereocenters. The number of sulfonamides is 1. The zero-order chi connectivity index (χ0) is 19.7. The largest absolute Gasteiger partial charge is 0.481 e. The van der Waals surface area contributed by atoms with Gasteiger partial charge in [-0.15, -0.1) is 0 Å². The average molecular weight is 410 g/mol. The highest BCUT2D eigenvalue weighted by Gasteiger charge is 2.21. The molecule has 2 aromatic rings. The fraction of sp³-hybridized carbons (Fsp3) is 0.350. The van der Waals surface area contributed by atoms with Crippen LogP contribution in [0, 0.1) is 0 Å². The van der Waals surface area contributed by atoms with Crippen molar-refractivity contribution in [1.82, 2.24) is 4.72 Å². The number of hydrogen-bond acceptors (Lipinski definition) is 3. The Bertz CT molecular complexity index is 823. The van der Waals surface area contributed by atoms with Crippen LogP contribution in [0.5, 0.6) is 0 Å². The van der Waals surface area contributed by atoms with Crippen LogP contribution in [-0.2, 0) is 14.8 Å². The first kappa shape index (κ1) is 21.4. The number of unbranched alkanes of at least 4 members (excludes halogenated alkanes) is 3. The molecule has 5 nitrogen and oxygen atoms in total. The number of aliphatic carboxylic acids is 1. The van der Waals surface area contributed by atoms with Crippen molar-refractivity contribution in [1.29, 1.82) is 0 Å². The summed E-state index contributed by atoms with van der Waals surface area (Å²) < 4.78 is 28.2. The number of carboxylic acid groups (broad SMARTS) is 1. The highest BCUT2D eigenvalue weighted by molar-refractivity contribution is 7.89. The minimum absolute atomic E-state index is 0.172. The summed E-state index contributed by atoms with van der Waals surface area (Å²) in [5, 5.41) is 9.16. The van der Waals surface area contributed by atoms with Gasteiger partial charge in [0.2, 0.25) is 10.0 Å². The van der Waals surface area contributed by atoms with E-state index in [0.29, 0.717) is 17.9 Å². The molecule has 0 aliphatic carbocycles. The third kappa shape index (κ3) is 7.33. The summed E-state index contributed by atoms with van der Waals surface area (Å²) in [5.41, 5.74) is 0.903. The second-order valence-corrected chi connectivity index (χ2v) is 8.54. The molecule has 0 saturated heterocycles. The van der Waals surface area contributed by atoms with E-state index in [4.69, 9.17) is 16.7 Å². The molecular weight excluding hydrogens is 386 g/mol. The molecule has 0 spiro atoms. The summed E-state index contributed by atoms with van der Waals surface area (Å²) in [6.07, 6.45) is 3.94. The Morgan fingerprint density at radius 2 is 1.59 bits per heavy atom. The fourth-order valence-corrected chi connectivity index (χ4v) is 4.21. The Kier molecular flexibility index (Phi) is 8.28. The van der Waals surface area contributed by atoms with Crippen molar-refractivity contribution in [3.63, 3.8) is 0 Å². The molecule has 7 heteroatoms. The molecule has 146 valence electrons. The van der Waals surface area contributed by atoms with Crippen LogP contribution in [0.2, 0.25) is 5.02 Å². The lowest BCUT2D eigenvalue weighted by Crippen LogP contribution is -2.28. The molecule has 27 heavy (non-hydrogen) atoms. The highest BCUT2D eigenvalue weighted by atomic mass is 35.5. The van der Waals surface area contributed by atoms with Gasteiger partial charge in [-0.1, -0.05) is 61.2 Å². The van der Waals surface area contributed by atoms with Crippen LogP contribution in [0.4, 0.5) is 0 Å². The van der Waals surface area contributed by atoms with E-state index >= 15 is 0 Å². The average Bonchev–Trinajstić information content (AvgIpc) is 2.64. The molecule has 0 amide bonds. The van der Waals surface area contributed by atoms with Gasteiger partial charge >= 0.3 is 5.97 Å². The van der Waals surface area contributed by atoms with Gasteiger partial charge in [0.1, 0.15) is 0 Å². The van der Waals surface area contributed by atoms with Gasteiger partial charge in [0.15, 0.2) is 0 Å².